The van der Waals surface area contributed by atoms with Crippen LogP contribution in [0.4, 0.5) is 0 Å². The zero-order chi connectivity index (χ0) is 8.48. The van der Waals surface area contributed by atoms with Gasteiger partial charge in [0, 0.05) is 6.04 Å². The molecule has 0 amide bonds. The summed E-state index contributed by atoms with van der Waals surface area (Å²) >= 11 is 0. The maximum absolute atomic E-state index is 3.58. The molecule has 1 rings (SSSR count). The summed E-state index contributed by atoms with van der Waals surface area (Å²) in [5.41, 5.74) is 0.469. The molecule has 1 aliphatic heterocycles. The zero-order valence-electron chi connectivity index (χ0n) is 8.28. The summed E-state index contributed by atoms with van der Waals surface area (Å²) in [5.74, 6) is 0.776. The van der Waals surface area contributed by atoms with Gasteiger partial charge >= 0.3 is 0 Å². The molecule has 1 nitrogen and oxygen atoms in total. The summed E-state index contributed by atoms with van der Waals surface area (Å²) in [5, 5.41) is 3.58. The lowest BCUT2D eigenvalue weighted by atomic mass is 9.74. The van der Waals surface area contributed by atoms with Crippen LogP contribution in [0.5, 0.6) is 0 Å². The number of nitrogens with one attached hydrogen (secondary N) is 1. The first-order valence-electron chi connectivity index (χ1n) is 4.78. The molecule has 1 saturated heterocycles. The Labute approximate surface area is 70.6 Å². The zero-order valence-corrected chi connectivity index (χ0v) is 8.28. The van der Waals surface area contributed by atoms with Gasteiger partial charge in [-0.2, -0.15) is 0 Å². The van der Waals surface area contributed by atoms with Crippen molar-refractivity contribution in [1.29, 1.82) is 0 Å². The molecule has 1 fully saturated rings. The minimum absolute atomic E-state index is 0.469. The molecule has 1 N–H and O–H groups in total. The maximum Gasteiger partial charge on any atom is 0.0121 e. The van der Waals surface area contributed by atoms with Crippen molar-refractivity contribution in [1.82, 2.24) is 5.32 Å². The molecule has 1 heterocycles. The van der Waals surface area contributed by atoms with Gasteiger partial charge in [-0.25, -0.2) is 0 Å². The second-order valence-electron chi connectivity index (χ2n) is 4.63. The molecule has 0 aromatic rings. The Hall–Kier alpha value is -0.0400. The lowest BCUT2D eigenvalue weighted by molar-refractivity contribution is 0.179. The number of hydrogen-bond acceptors (Lipinski definition) is 1. The van der Waals surface area contributed by atoms with E-state index in [1.54, 1.807) is 0 Å². The molecule has 11 heavy (non-hydrogen) atoms. The van der Waals surface area contributed by atoms with Gasteiger partial charge in [-0.1, -0.05) is 27.7 Å². The summed E-state index contributed by atoms with van der Waals surface area (Å²) in [6.07, 6.45) is 2.73. The minimum Gasteiger partial charge on any atom is -0.313 e. The van der Waals surface area contributed by atoms with E-state index in [4.69, 9.17) is 0 Å². The van der Waals surface area contributed by atoms with Gasteiger partial charge in [-0.15, -0.1) is 0 Å². The fraction of sp³-hybridized carbons (Fsp3) is 1.00. The van der Waals surface area contributed by atoms with Gasteiger partial charge in [0.2, 0.25) is 0 Å². The summed E-state index contributed by atoms with van der Waals surface area (Å²) in [6.45, 7) is 10.6. The third-order valence-corrected chi connectivity index (χ3v) is 3.45. The molecule has 1 aliphatic rings. The van der Waals surface area contributed by atoms with Crippen molar-refractivity contribution in [3.63, 3.8) is 0 Å². The highest BCUT2D eigenvalue weighted by Crippen LogP contribution is 2.34. The standard InChI is InChI=1S/C10H21N/c1-8(2)10(3,4)9-6-5-7-11-9/h8-9,11H,5-7H2,1-4H3/t9-/m0/s1. The number of rotatable bonds is 2. The van der Waals surface area contributed by atoms with Gasteiger partial charge in [0.05, 0.1) is 0 Å². The lowest BCUT2D eigenvalue weighted by Crippen LogP contribution is -2.40. The molecule has 1 heteroatoms. The van der Waals surface area contributed by atoms with Gasteiger partial charge < -0.3 is 5.32 Å². The van der Waals surface area contributed by atoms with E-state index in [0.29, 0.717) is 5.41 Å². The molecule has 0 aromatic heterocycles. The lowest BCUT2D eigenvalue weighted by Gasteiger charge is -2.35. The summed E-state index contributed by atoms with van der Waals surface area (Å²) < 4.78 is 0. The largest absolute Gasteiger partial charge is 0.313 e. The van der Waals surface area contributed by atoms with E-state index in [0.717, 1.165) is 12.0 Å². The number of hydrogen-bond donors (Lipinski definition) is 1. The molecular weight excluding hydrogens is 134 g/mol. The third-order valence-electron chi connectivity index (χ3n) is 3.45. The van der Waals surface area contributed by atoms with Crippen molar-refractivity contribution < 1.29 is 0 Å². The Morgan fingerprint density at radius 1 is 1.36 bits per heavy atom. The second-order valence-corrected chi connectivity index (χ2v) is 4.63. The molecule has 0 spiro atoms. The van der Waals surface area contributed by atoms with Crippen molar-refractivity contribution in [3.05, 3.63) is 0 Å². The van der Waals surface area contributed by atoms with Gasteiger partial charge in [-0.3, -0.25) is 0 Å². The molecule has 0 bridgehead atoms. The van der Waals surface area contributed by atoms with E-state index in [1.807, 2.05) is 0 Å². The molecular formula is C10H21N. The summed E-state index contributed by atoms with van der Waals surface area (Å²) in [7, 11) is 0. The van der Waals surface area contributed by atoms with Crippen LogP contribution in [-0.4, -0.2) is 12.6 Å². The molecule has 0 saturated carbocycles. The average molecular weight is 155 g/mol. The monoisotopic (exact) mass is 155 g/mol. The van der Waals surface area contributed by atoms with Crippen molar-refractivity contribution in [2.24, 2.45) is 11.3 Å². The van der Waals surface area contributed by atoms with Crippen LogP contribution in [0.1, 0.15) is 40.5 Å². The third kappa shape index (κ3) is 1.76. The highest BCUT2D eigenvalue weighted by molar-refractivity contribution is 4.89. The van der Waals surface area contributed by atoms with Crippen LogP contribution in [0.3, 0.4) is 0 Å². The van der Waals surface area contributed by atoms with E-state index in [2.05, 4.69) is 33.0 Å². The highest BCUT2D eigenvalue weighted by atomic mass is 15.0. The predicted octanol–water partition coefficient (Wildman–Crippen LogP) is 2.42. The van der Waals surface area contributed by atoms with E-state index in [9.17, 15) is 0 Å². The molecule has 0 aliphatic carbocycles. The Morgan fingerprint density at radius 2 is 2.00 bits per heavy atom. The fourth-order valence-corrected chi connectivity index (χ4v) is 1.72. The predicted molar refractivity (Wildman–Crippen MR) is 49.6 cm³/mol. The Bertz CT molecular complexity index is 121. The van der Waals surface area contributed by atoms with Crippen molar-refractivity contribution in [2.45, 2.75) is 46.6 Å². The van der Waals surface area contributed by atoms with Crippen LogP contribution in [0.25, 0.3) is 0 Å². The molecule has 66 valence electrons. The fourth-order valence-electron chi connectivity index (χ4n) is 1.72. The van der Waals surface area contributed by atoms with Crippen LogP contribution >= 0.6 is 0 Å². The maximum atomic E-state index is 3.58. The minimum atomic E-state index is 0.469. The molecule has 1 atom stereocenters. The first-order valence-corrected chi connectivity index (χ1v) is 4.78. The van der Waals surface area contributed by atoms with E-state index < -0.39 is 0 Å². The topological polar surface area (TPSA) is 12.0 Å². The second kappa shape index (κ2) is 3.14. The average Bonchev–Trinajstić information content (AvgIpc) is 2.37. The molecule has 0 unspecified atom stereocenters. The van der Waals surface area contributed by atoms with Crippen LogP contribution < -0.4 is 5.32 Å². The SMILES string of the molecule is CC(C)C(C)(C)[C@@H]1CCCN1. The van der Waals surface area contributed by atoms with Crippen LogP contribution in [0.15, 0.2) is 0 Å². The van der Waals surface area contributed by atoms with Crippen molar-refractivity contribution in [2.75, 3.05) is 6.54 Å². The van der Waals surface area contributed by atoms with E-state index >= 15 is 0 Å². The highest BCUT2D eigenvalue weighted by Gasteiger charge is 2.33. The van der Waals surface area contributed by atoms with Gasteiger partial charge in [0.25, 0.3) is 0 Å². The Morgan fingerprint density at radius 3 is 2.36 bits per heavy atom. The summed E-state index contributed by atoms with van der Waals surface area (Å²) in [6, 6.07) is 0.752. The van der Waals surface area contributed by atoms with Crippen molar-refractivity contribution >= 4 is 0 Å². The van der Waals surface area contributed by atoms with Crippen LogP contribution in [-0.2, 0) is 0 Å². The molecule has 0 radical (unpaired) electrons. The van der Waals surface area contributed by atoms with Gasteiger partial charge in [-0.05, 0) is 30.7 Å². The first kappa shape index (κ1) is 9.05. The quantitative estimate of drug-likeness (QED) is 0.645. The molecule has 0 aromatic carbocycles. The van der Waals surface area contributed by atoms with Crippen LogP contribution in [0.2, 0.25) is 0 Å². The first-order chi connectivity index (χ1) is 5.05. The van der Waals surface area contributed by atoms with E-state index in [-0.39, 0.29) is 0 Å². The normalized spacial score (nSPS) is 26.5. The summed E-state index contributed by atoms with van der Waals surface area (Å²) in [4.78, 5) is 0. The Kier molecular flexibility index (Phi) is 2.58. The van der Waals surface area contributed by atoms with Crippen molar-refractivity contribution in [3.8, 4) is 0 Å². The Balaban J connectivity index is 2.55. The van der Waals surface area contributed by atoms with E-state index in [1.165, 1.54) is 19.4 Å². The van der Waals surface area contributed by atoms with Gasteiger partial charge in [0.1, 0.15) is 0 Å². The van der Waals surface area contributed by atoms with Gasteiger partial charge in [0.15, 0.2) is 0 Å². The van der Waals surface area contributed by atoms with Crippen LogP contribution in [0, 0.1) is 11.3 Å². The smallest absolute Gasteiger partial charge is 0.0121 e.